The highest BCUT2D eigenvalue weighted by atomic mass is 35.5. The van der Waals surface area contributed by atoms with E-state index in [9.17, 15) is 14.4 Å². The van der Waals surface area contributed by atoms with Crippen molar-refractivity contribution in [2.45, 2.75) is 116 Å². The van der Waals surface area contributed by atoms with Crippen molar-refractivity contribution in [1.82, 2.24) is 30.0 Å². The van der Waals surface area contributed by atoms with Crippen LogP contribution in [0.3, 0.4) is 0 Å². The van der Waals surface area contributed by atoms with Crippen LogP contribution >= 0.6 is 12.4 Å². The summed E-state index contributed by atoms with van der Waals surface area (Å²) in [5, 5.41) is 3.49. The van der Waals surface area contributed by atoms with Crippen LogP contribution < -0.4 is 15.1 Å². The average molecular weight is 982 g/mol. The quantitative estimate of drug-likeness (QED) is 0.154. The van der Waals surface area contributed by atoms with Crippen LogP contribution in [0.25, 0.3) is 0 Å². The summed E-state index contributed by atoms with van der Waals surface area (Å²) < 4.78 is 16.5. The lowest BCUT2D eigenvalue weighted by atomic mass is 9.88. The minimum absolute atomic E-state index is 0. The second-order valence-electron chi connectivity index (χ2n) is 21.8. The predicted molar refractivity (Wildman–Crippen MR) is 279 cm³/mol. The number of methoxy groups -OCH3 is 2. The fraction of sp³-hybridized carbons (Fsp3) is 0.545. The number of amides is 3. The summed E-state index contributed by atoms with van der Waals surface area (Å²) >= 11 is 0. The number of piperazine rings is 2. The number of ether oxygens (including phenoxy) is 3. The van der Waals surface area contributed by atoms with E-state index < -0.39 is 5.60 Å². The van der Waals surface area contributed by atoms with E-state index in [0.29, 0.717) is 52.0 Å². The zero-order valence-electron chi connectivity index (χ0n) is 43.4. The Balaban J connectivity index is 0.000000231. The van der Waals surface area contributed by atoms with Crippen molar-refractivity contribution >= 4 is 42.0 Å². The number of carbonyl (C=O) groups excluding carboxylic acids is 3. The molecule has 14 nitrogen and oxygen atoms in total. The number of nitrogens with one attached hydrogen (secondary N) is 1. The van der Waals surface area contributed by atoms with E-state index in [0.717, 1.165) is 60.1 Å². The van der Waals surface area contributed by atoms with Crippen LogP contribution in [-0.4, -0.2) is 152 Å². The van der Waals surface area contributed by atoms with Gasteiger partial charge >= 0.3 is 6.09 Å². The van der Waals surface area contributed by atoms with Gasteiger partial charge in [-0.2, -0.15) is 0 Å². The van der Waals surface area contributed by atoms with E-state index in [-0.39, 0.29) is 65.8 Å². The summed E-state index contributed by atoms with van der Waals surface area (Å²) in [6.07, 6.45) is 1.15. The number of halogens is 1. The lowest BCUT2D eigenvalue weighted by molar-refractivity contribution is -0.122. The molecule has 15 heteroatoms. The number of aromatic nitrogens is 2. The fourth-order valence-electron chi connectivity index (χ4n) is 10.1. The molecule has 380 valence electrons. The molecule has 0 saturated carbocycles. The third-order valence-electron chi connectivity index (χ3n) is 13.7. The van der Waals surface area contributed by atoms with Gasteiger partial charge in [-0.25, -0.2) is 14.8 Å². The molecule has 0 unspecified atom stereocenters. The second kappa shape index (κ2) is 23.1. The Labute approximate surface area is 422 Å². The smallest absolute Gasteiger partial charge is 0.410 e. The Morgan fingerprint density at radius 1 is 0.657 bits per heavy atom. The van der Waals surface area contributed by atoms with Gasteiger partial charge in [-0.05, 0) is 57.9 Å². The third kappa shape index (κ3) is 13.3. The fourth-order valence-corrected chi connectivity index (χ4v) is 10.1. The first-order valence-electron chi connectivity index (χ1n) is 24.6. The molecule has 3 amide bonds. The second-order valence-corrected chi connectivity index (χ2v) is 21.8. The van der Waals surface area contributed by atoms with Crippen molar-refractivity contribution in [3.05, 3.63) is 119 Å². The first-order chi connectivity index (χ1) is 32.7. The van der Waals surface area contributed by atoms with E-state index in [4.69, 9.17) is 24.2 Å². The number of hydrogen-bond acceptors (Lipinski definition) is 11. The van der Waals surface area contributed by atoms with Crippen molar-refractivity contribution in [2.24, 2.45) is 0 Å². The Bertz CT molecular complexity index is 2400. The number of rotatable bonds is 12. The SMILES string of the molecule is COC[C@H]1CN(C(=O)OC(C)(C)C)[C@H](C)CN1CC(=O)N1CC(C)(C)c2ccc(Cc3ccccc3)nc21.COC[C@H]1CN[C@H](C)CN1CC(=O)N1CC(C)(C)c2ccc(Cc3ccccc3)nc21.Cl. The molecular weight excluding hydrogens is 904 g/mol. The van der Waals surface area contributed by atoms with Gasteiger partial charge in [0.2, 0.25) is 11.8 Å². The van der Waals surface area contributed by atoms with Gasteiger partial charge < -0.3 is 24.4 Å². The van der Waals surface area contributed by atoms with Gasteiger partial charge in [-0.1, -0.05) is 100 Å². The first-order valence-corrected chi connectivity index (χ1v) is 24.6. The molecule has 2 fully saturated rings. The molecule has 4 aromatic rings. The molecule has 0 bridgehead atoms. The van der Waals surface area contributed by atoms with E-state index in [1.165, 1.54) is 11.1 Å². The van der Waals surface area contributed by atoms with Crippen molar-refractivity contribution in [1.29, 1.82) is 0 Å². The normalized spacial score (nSPS) is 21.8. The van der Waals surface area contributed by atoms with Crippen molar-refractivity contribution in [3.63, 3.8) is 0 Å². The molecule has 0 spiro atoms. The number of fused-ring (bicyclic) bond motifs is 2. The summed E-state index contributed by atoms with van der Waals surface area (Å²) in [5.41, 5.74) is 5.75. The molecule has 2 saturated heterocycles. The topological polar surface area (TPSA) is 133 Å². The molecule has 0 radical (unpaired) electrons. The predicted octanol–water partition coefficient (Wildman–Crippen LogP) is 7.28. The van der Waals surface area contributed by atoms with Crippen LogP contribution in [0.5, 0.6) is 0 Å². The van der Waals surface area contributed by atoms with Gasteiger partial charge in [0.05, 0.1) is 32.3 Å². The Kier molecular flexibility index (Phi) is 17.9. The summed E-state index contributed by atoms with van der Waals surface area (Å²) in [5.74, 6) is 1.72. The van der Waals surface area contributed by atoms with E-state index in [1.54, 1.807) is 19.1 Å². The maximum atomic E-state index is 13.8. The van der Waals surface area contributed by atoms with Crippen molar-refractivity contribution in [3.8, 4) is 0 Å². The summed E-state index contributed by atoms with van der Waals surface area (Å²) in [7, 11) is 3.36. The number of benzene rings is 2. The summed E-state index contributed by atoms with van der Waals surface area (Å²) in [6, 6.07) is 29.4. The van der Waals surface area contributed by atoms with E-state index in [1.807, 2.05) is 73.9 Å². The third-order valence-corrected chi connectivity index (χ3v) is 13.7. The van der Waals surface area contributed by atoms with Gasteiger partial charge in [0.15, 0.2) is 0 Å². The average Bonchev–Trinajstić information content (AvgIpc) is 3.73. The molecule has 6 heterocycles. The molecule has 2 aromatic heterocycles. The number of pyridine rings is 2. The molecular formula is C55H77ClN8O6. The van der Waals surface area contributed by atoms with Crippen LogP contribution in [-0.2, 0) is 47.5 Å². The lowest BCUT2D eigenvalue weighted by Gasteiger charge is -2.45. The molecule has 2 aromatic carbocycles. The van der Waals surface area contributed by atoms with Gasteiger partial charge in [0, 0.05) is 118 Å². The van der Waals surface area contributed by atoms with E-state index in [2.05, 4.69) is 98.3 Å². The van der Waals surface area contributed by atoms with Crippen LogP contribution in [0.4, 0.5) is 16.4 Å². The summed E-state index contributed by atoms with van der Waals surface area (Å²) in [4.78, 5) is 59.9. The minimum atomic E-state index is -0.566. The number of hydrogen-bond donors (Lipinski definition) is 1. The molecule has 1 N–H and O–H groups in total. The molecule has 4 atom stereocenters. The van der Waals surface area contributed by atoms with Crippen molar-refractivity contribution < 1.29 is 28.6 Å². The molecule has 8 rings (SSSR count). The highest BCUT2D eigenvalue weighted by molar-refractivity contribution is 5.97. The zero-order chi connectivity index (χ0) is 49.7. The molecule has 0 aliphatic carbocycles. The van der Waals surface area contributed by atoms with Gasteiger partial charge in [0.1, 0.15) is 17.2 Å². The molecule has 4 aliphatic heterocycles. The highest BCUT2D eigenvalue weighted by Gasteiger charge is 2.43. The maximum absolute atomic E-state index is 13.8. The minimum Gasteiger partial charge on any atom is -0.444 e. The van der Waals surface area contributed by atoms with Crippen LogP contribution in [0.15, 0.2) is 84.9 Å². The van der Waals surface area contributed by atoms with Crippen molar-refractivity contribution in [2.75, 3.05) is 89.6 Å². The zero-order valence-corrected chi connectivity index (χ0v) is 44.2. The van der Waals surface area contributed by atoms with Gasteiger partial charge in [-0.3, -0.25) is 29.2 Å². The molecule has 70 heavy (non-hydrogen) atoms. The number of anilines is 2. The standard InChI is InChI=1S/C30H42N4O4.C25H34N4O2.ClH/c1-21-16-32(24(19-37-7)17-33(21)28(36)38-29(2,3)4)18-26(35)34-20-30(5,6)25-14-13-23(31-27(25)34)15-22-11-9-8-10-12-22;1-18-14-28(21(13-26-18)16-31-4)15-23(30)29-17-25(2,3)22-11-10-20(27-24(22)29)12-19-8-6-5-7-9-19;/h8-14,21,24H,15-20H2,1-7H3;5-11,18,21,26H,12-17H2,1-4H3;1H/t21-,24-;18-,21-;/m11./s1. The van der Waals surface area contributed by atoms with E-state index >= 15 is 0 Å². The first kappa shape index (κ1) is 54.4. The largest absolute Gasteiger partial charge is 0.444 e. The summed E-state index contributed by atoms with van der Waals surface area (Å²) in [6.45, 7) is 24.1. The Morgan fingerprint density at radius 3 is 1.57 bits per heavy atom. The van der Waals surface area contributed by atoms with Crippen LogP contribution in [0.1, 0.15) is 96.0 Å². The molecule has 4 aliphatic rings. The Hall–Kier alpha value is -4.96. The number of carbonyl (C=O) groups is 3. The van der Waals surface area contributed by atoms with Crippen LogP contribution in [0, 0.1) is 0 Å². The Morgan fingerprint density at radius 2 is 1.11 bits per heavy atom. The van der Waals surface area contributed by atoms with Crippen LogP contribution in [0.2, 0.25) is 0 Å². The van der Waals surface area contributed by atoms with Gasteiger partial charge in [0.25, 0.3) is 0 Å². The highest BCUT2D eigenvalue weighted by Crippen LogP contribution is 2.41. The monoisotopic (exact) mass is 981 g/mol. The lowest BCUT2D eigenvalue weighted by Crippen LogP contribution is -2.62. The maximum Gasteiger partial charge on any atom is 0.410 e. The van der Waals surface area contributed by atoms with Gasteiger partial charge in [-0.15, -0.1) is 12.4 Å². The number of nitrogens with zero attached hydrogens (tertiary/aromatic N) is 7.